The maximum atomic E-state index is 9.99. The Morgan fingerprint density at radius 1 is 1.57 bits per heavy atom. The highest BCUT2D eigenvalue weighted by molar-refractivity contribution is 4.87. The summed E-state index contributed by atoms with van der Waals surface area (Å²) < 4.78 is 0. The van der Waals surface area contributed by atoms with Crippen LogP contribution < -0.4 is 5.73 Å². The molecule has 0 aromatic carbocycles. The summed E-state index contributed by atoms with van der Waals surface area (Å²) in [4.78, 5) is 2.36. The average Bonchev–Trinajstić information content (AvgIpc) is 2.47. The Balaban J connectivity index is 2.46. The van der Waals surface area contributed by atoms with Gasteiger partial charge in [-0.2, -0.15) is 0 Å². The molecule has 0 amide bonds. The van der Waals surface area contributed by atoms with Crippen LogP contribution >= 0.6 is 0 Å². The van der Waals surface area contributed by atoms with Crippen LogP contribution in [0.15, 0.2) is 0 Å². The lowest BCUT2D eigenvalue weighted by Gasteiger charge is -2.30. The third-order valence-electron chi connectivity index (χ3n) is 3.43. The summed E-state index contributed by atoms with van der Waals surface area (Å²) in [5.74, 6) is 0.623. The van der Waals surface area contributed by atoms with E-state index in [4.69, 9.17) is 5.73 Å². The average molecular weight is 200 g/mol. The summed E-state index contributed by atoms with van der Waals surface area (Å²) in [5, 5.41) is 9.99. The topological polar surface area (TPSA) is 49.5 Å². The van der Waals surface area contributed by atoms with Gasteiger partial charge in [0.05, 0.1) is 5.60 Å². The van der Waals surface area contributed by atoms with Gasteiger partial charge in [-0.3, -0.25) is 4.90 Å². The van der Waals surface area contributed by atoms with Gasteiger partial charge in [-0.25, -0.2) is 0 Å². The minimum atomic E-state index is -0.544. The molecule has 3 atom stereocenters. The Morgan fingerprint density at radius 3 is 2.64 bits per heavy atom. The molecule has 84 valence electrons. The van der Waals surface area contributed by atoms with Crippen LogP contribution in [0.2, 0.25) is 0 Å². The smallest absolute Gasteiger partial charge is 0.0743 e. The van der Waals surface area contributed by atoms with E-state index in [0.717, 1.165) is 26.1 Å². The number of β-amino-alcohol motifs (C(OH)–C–C–N with tert-alkyl or cyclic N) is 1. The van der Waals surface area contributed by atoms with Gasteiger partial charge in [0.2, 0.25) is 0 Å². The predicted molar refractivity (Wildman–Crippen MR) is 59.1 cm³/mol. The van der Waals surface area contributed by atoms with Gasteiger partial charge in [0.25, 0.3) is 0 Å². The second-order valence-corrected chi connectivity index (χ2v) is 4.97. The van der Waals surface area contributed by atoms with Crippen molar-refractivity contribution >= 4 is 0 Å². The highest BCUT2D eigenvalue weighted by atomic mass is 16.3. The van der Waals surface area contributed by atoms with Gasteiger partial charge in [-0.15, -0.1) is 0 Å². The van der Waals surface area contributed by atoms with Crippen LogP contribution in [0.1, 0.15) is 33.6 Å². The van der Waals surface area contributed by atoms with Crippen LogP contribution in [0.25, 0.3) is 0 Å². The Labute approximate surface area is 87.3 Å². The minimum absolute atomic E-state index is 0.544. The monoisotopic (exact) mass is 200 g/mol. The van der Waals surface area contributed by atoms with E-state index in [2.05, 4.69) is 11.8 Å². The predicted octanol–water partition coefficient (Wildman–Crippen LogP) is 0.816. The molecule has 0 radical (unpaired) electrons. The van der Waals surface area contributed by atoms with Crippen molar-refractivity contribution in [1.82, 2.24) is 4.90 Å². The second kappa shape index (κ2) is 4.60. The zero-order valence-corrected chi connectivity index (χ0v) is 9.66. The summed E-state index contributed by atoms with van der Waals surface area (Å²) in [7, 11) is 0. The minimum Gasteiger partial charge on any atom is -0.389 e. The first kappa shape index (κ1) is 12.0. The van der Waals surface area contributed by atoms with Crippen molar-refractivity contribution in [3.05, 3.63) is 0 Å². The van der Waals surface area contributed by atoms with Crippen LogP contribution in [-0.4, -0.2) is 41.3 Å². The standard InChI is InChI=1S/C11H24N2O/c1-4-11(3,14)8-13-7-10(6-12)5-9(13)2/h9-10,14H,4-8,12H2,1-3H3. The molecule has 0 aromatic rings. The lowest BCUT2D eigenvalue weighted by Crippen LogP contribution is -2.42. The van der Waals surface area contributed by atoms with E-state index in [9.17, 15) is 5.11 Å². The number of nitrogens with zero attached hydrogens (tertiary/aromatic N) is 1. The molecule has 3 unspecified atom stereocenters. The molecule has 1 saturated heterocycles. The van der Waals surface area contributed by atoms with Gasteiger partial charge in [-0.05, 0) is 39.2 Å². The van der Waals surface area contributed by atoms with Crippen molar-refractivity contribution in [3.63, 3.8) is 0 Å². The number of rotatable bonds is 4. The van der Waals surface area contributed by atoms with Crippen LogP contribution in [0.3, 0.4) is 0 Å². The number of hydrogen-bond donors (Lipinski definition) is 2. The van der Waals surface area contributed by atoms with Gasteiger partial charge in [0.1, 0.15) is 0 Å². The summed E-state index contributed by atoms with van der Waals surface area (Å²) in [6.07, 6.45) is 1.99. The van der Waals surface area contributed by atoms with Crippen molar-refractivity contribution in [1.29, 1.82) is 0 Å². The van der Waals surface area contributed by atoms with Crippen molar-refractivity contribution < 1.29 is 5.11 Å². The molecule has 14 heavy (non-hydrogen) atoms. The zero-order valence-electron chi connectivity index (χ0n) is 9.66. The van der Waals surface area contributed by atoms with Crippen LogP contribution in [0, 0.1) is 5.92 Å². The second-order valence-electron chi connectivity index (χ2n) is 4.97. The molecule has 0 aliphatic carbocycles. The van der Waals surface area contributed by atoms with E-state index in [1.54, 1.807) is 0 Å². The molecule has 0 aromatic heterocycles. The molecule has 3 heteroatoms. The van der Waals surface area contributed by atoms with Crippen molar-refractivity contribution in [3.8, 4) is 0 Å². The van der Waals surface area contributed by atoms with Crippen molar-refractivity contribution in [2.45, 2.75) is 45.3 Å². The van der Waals surface area contributed by atoms with E-state index in [-0.39, 0.29) is 0 Å². The lowest BCUT2D eigenvalue weighted by atomic mass is 10.0. The summed E-state index contributed by atoms with van der Waals surface area (Å²) >= 11 is 0. The molecular formula is C11H24N2O. The first-order valence-corrected chi connectivity index (χ1v) is 5.65. The summed E-state index contributed by atoms with van der Waals surface area (Å²) in [6, 6.07) is 0.571. The van der Waals surface area contributed by atoms with E-state index < -0.39 is 5.60 Å². The van der Waals surface area contributed by atoms with Gasteiger partial charge in [0.15, 0.2) is 0 Å². The van der Waals surface area contributed by atoms with Gasteiger partial charge in [0, 0.05) is 19.1 Å². The molecule has 1 aliphatic heterocycles. The molecule has 1 rings (SSSR count). The molecular weight excluding hydrogens is 176 g/mol. The van der Waals surface area contributed by atoms with E-state index in [0.29, 0.717) is 12.0 Å². The maximum Gasteiger partial charge on any atom is 0.0743 e. The highest BCUT2D eigenvalue weighted by Gasteiger charge is 2.32. The van der Waals surface area contributed by atoms with Crippen LogP contribution in [0.4, 0.5) is 0 Å². The molecule has 0 bridgehead atoms. The SMILES string of the molecule is CCC(C)(O)CN1CC(CN)CC1C. The zero-order chi connectivity index (χ0) is 10.8. The Kier molecular flexibility index (Phi) is 3.93. The van der Waals surface area contributed by atoms with Gasteiger partial charge < -0.3 is 10.8 Å². The summed E-state index contributed by atoms with van der Waals surface area (Å²) in [5.41, 5.74) is 5.12. The molecule has 0 spiro atoms. The third kappa shape index (κ3) is 2.94. The van der Waals surface area contributed by atoms with Crippen LogP contribution in [0.5, 0.6) is 0 Å². The molecule has 0 saturated carbocycles. The number of aliphatic hydroxyl groups is 1. The van der Waals surface area contributed by atoms with E-state index in [1.807, 2.05) is 13.8 Å². The van der Waals surface area contributed by atoms with Gasteiger partial charge >= 0.3 is 0 Å². The maximum absolute atomic E-state index is 9.99. The Bertz CT molecular complexity index is 182. The Morgan fingerprint density at radius 2 is 2.21 bits per heavy atom. The Hall–Kier alpha value is -0.120. The van der Waals surface area contributed by atoms with E-state index >= 15 is 0 Å². The van der Waals surface area contributed by atoms with Gasteiger partial charge in [-0.1, -0.05) is 6.92 Å². The number of nitrogens with two attached hydrogens (primary N) is 1. The lowest BCUT2D eigenvalue weighted by molar-refractivity contribution is 0.0138. The first-order chi connectivity index (χ1) is 6.48. The number of likely N-dealkylation sites (tertiary alicyclic amines) is 1. The summed E-state index contributed by atoms with van der Waals surface area (Å²) in [6.45, 7) is 8.77. The fourth-order valence-corrected chi connectivity index (χ4v) is 2.16. The van der Waals surface area contributed by atoms with Crippen LogP contribution in [-0.2, 0) is 0 Å². The van der Waals surface area contributed by atoms with Crippen molar-refractivity contribution in [2.24, 2.45) is 11.7 Å². The third-order valence-corrected chi connectivity index (χ3v) is 3.43. The fraction of sp³-hybridized carbons (Fsp3) is 1.00. The highest BCUT2D eigenvalue weighted by Crippen LogP contribution is 2.24. The number of hydrogen-bond acceptors (Lipinski definition) is 3. The molecule has 1 heterocycles. The molecule has 1 fully saturated rings. The normalized spacial score (nSPS) is 33.2. The molecule has 1 aliphatic rings. The first-order valence-electron chi connectivity index (χ1n) is 5.65. The molecule has 3 N–H and O–H groups in total. The van der Waals surface area contributed by atoms with E-state index in [1.165, 1.54) is 6.42 Å². The van der Waals surface area contributed by atoms with Crippen molar-refractivity contribution in [2.75, 3.05) is 19.6 Å². The largest absolute Gasteiger partial charge is 0.389 e. The quantitative estimate of drug-likeness (QED) is 0.706. The fourth-order valence-electron chi connectivity index (χ4n) is 2.16. The molecule has 3 nitrogen and oxygen atoms in total.